The third-order valence-electron chi connectivity index (χ3n) is 3.82. The lowest BCUT2D eigenvalue weighted by molar-refractivity contribution is -0.113. The maximum Gasteiger partial charge on any atom is 0.272 e. The van der Waals surface area contributed by atoms with Gasteiger partial charge in [-0.1, -0.05) is 30.3 Å². The molecule has 5 nitrogen and oxygen atoms in total. The number of carbonyl (C=O) groups excluding carboxylic acids is 2. The largest absolute Gasteiger partial charge is 0.321 e. The maximum absolute atomic E-state index is 12.8. The van der Waals surface area contributed by atoms with E-state index in [-0.39, 0.29) is 11.6 Å². The van der Waals surface area contributed by atoms with Crippen LogP contribution < -0.4 is 10.6 Å². The SMILES string of the molecule is Cc1cccc(NC(=O)C(=Cc2ccncc2)NC(=O)c2ccccc2)c1. The zero-order chi connectivity index (χ0) is 19.1. The fraction of sp³-hybridized carbons (Fsp3) is 0.0455. The highest BCUT2D eigenvalue weighted by atomic mass is 16.2. The minimum absolute atomic E-state index is 0.150. The second kappa shape index (κ2) is 8.58. The number of rotatable bonds is 5. The molecule has 0 bridgehead atoms. The van der Waals surface area contributed by atoms with Gasteiger partial charge in [-0.3, -0.25) is 14.6 Å². The number of pyridine rings is 1. The van der Waals surface area contributed by atoms with Crippen molar-refractivity contribution in [3.8, 4) is 0 Å². The zero-order valence-corrected chi connectivity index (χ0v) is 14.8. The van der Waals surface area contributed by atoms with Gasteiger partial charge in [0.15, 0.2) is 0 Å². The lowest BCUT2D eigenvalue weighted by Crippen LogP contribution is -2.30. The Balaban J connectivity index is 1.86. The molecule has 0 spiro atoms. The molecule has 0 aliphatic heterocycles. The van der Waals surface area contributed by atoms with E-state index >= 15 is 0 Å². The molecule has 0 unspecified atom stereocenters. The highest BCUT2D eigenvalue weighted by Gasteiger charge is 2.15. The molecule has 1 heterocycles. The van der Waals surface area contributed by atoms with E-state index in [9.17, 15) is 9.59 Å². The molecule has 0 saturated carbocycles. The van der Waals surface area contributed by atoms with E-state index in [4.69, 9.17) is 0 Å². The topological polar surface area (TPSA) is 71.1 Å². The van der Waals surface area contributed by atoms with Gasteiger partial charge >= 0.3 is 0 Å². The molecule has 3 rings (SSSR count). The van der Waals surface area contributed by atoms with E-state index in [1.54, 1.807) is 60.9 Å². The molecule has 0 saturated heterocycles. The molecule has 2 aromatic carbocycles. The van der Waals surface area contributed by atoms with Crippen molar-refractivity contribution in [3.05, 3.63) is 102 Å². The standard InChI is InChI=1S/C22H19N3O2/c1-16-6-5-9-19(14-16)24-22(27)20(15-17-10-12-23-13-11-17)25-21(26)18-7-3-2-4-8-18/h2-15H,1H3,(H,24,27)(H,25,26). The number of hydrogen-bond donors (Lipinski definition) is 2. The molecular formula is C22H19N3O2. The first-order valence-corrected chi connectivity index (χ1v) is 8.48. The van der Waals surface area contributed by atoms with Crippen LogP contribution in [0.5, 0.6) is 0 Å². The first kappa shape index (κ1) is 18.1. The summed E-state index contributed by atoms with van der Waals surface area (Å²) in [6.45, 7) is 1.94. The molecule has 3 aromatic rings. The Bertz CT molecular complexity index is 967. The van der Waals surface area contributed by atoms with Crippen LogP contribution in [0.1, 0.15) is 21.5 Å². The number of aryl methyl sites for hydroxylation is 1. The van der Waals surface area contributed by atoms with Crippen LogP contribution in [-0.4, -0.2) is 16.8 Å². The van der Waals surface area contributed by atoms with Crippen molar-refractivity contribution >= 4 is 23.6 Å². The predicted molar refractivity (Wildman–Crippen MR) is 106 cm³/mol. The van der Waals surface area contributed by atoms with Crippen LogP contribution in [0.25, 0.3) is 6.08 Å². The summed E-state index contributed by atoms with van der Waals surface area (Å²) in [5, 5.41) is 5.53. The van der Waals surface area contributed by atoms with E-state index in [0.717, 1.165) is 11.1 Å². The third-order valence-corrected chi connectivity index (χ3v) is 3.82. The molecule has 0 fully saturated rings. The van der Waals surface area contributed by atoms with Gasteiger partial charge in [-0.05, 0) is 60.5 Å². The van der Waals surface area contributed by atoms with Gasteiger partial charge in [-0.25, -0.2) is 0 Å². The Morgan fingerprint density at radius 2 is 1.67 bits per heavy atom. The molecule has 0 atom stereocenters. The maximum atomic E-state index is 12.8. The smallest absolute Gasteiger partial charge is 0.272 e. The molecule has 2 N–H and O–H groups in total. The van der Waals surface area contributed by atoms with Crippen molar-refractivity contribution < 1.29 is 9.59 Å². The predicted octanol–water partition coefficient (Wildman–Crippen LogP) is 3.80. The lowest BCUT2D eigenvalue weighted by atomic mass is 10.1. The Kier molecular flexibility index (Phi) is 5.74. The average Bonchev–Trinajstić information content (AvgIpc) is 2.69. The average molecular weight is 357 g/mol. The zero-order valence-electron chi connectivity index (χ0n) is 14.8. The number of carbonyl (C=O) groups is 2. The van der Waals surface area contributed by atoms with Crippen LogP contribution in [0.3, 0.4) is 0 Å². The van der Waals surface area contributed by atoms with Crippen LogP contribution in [0.4, 0.5) is 5.69 Å². The van der Waals surface area contributed by atoms with Crippen LogP contribution in [0.2, 0.25) is 0 Å². The number of anilines is 1. The number of aromatic nitrogens is 1. The summed E-state index contributed by atoms with van der Waals surface area (Å²) in [5.74, 6) is -0.753. The van der Waals surface area contributed by atoms with Gasteiger partial charge < -0.3 is 10.6 Å². The van der Waals surface area contributed by atoms with Gasteiger partial charge in [0.25, 0.3) is 11.8 Å². The summed E-state index contributed by atoms with van der Waals surface area (Å²) in [5.41, 5.74) is 3.07. The minimum Gasteiger partial charge on any atom is -0.321 e. The number of benzene rings is 2. The van der Waals surface area contributed by atoms with Gasteiger partial charge in [-0.2, -0.15) is 0 Å². The van der Waals surface area contributed by atoms with Crippen molar-refractivity contribution in [2.45, 2.75) is 6.92 Å². The molecule has 1 aromatic heterocycles. The van der Waals surface area contributed by atoms with Gasteiger partial charge in [0.2, 0.25) is 0 Å². The number of amides is 2. The van der Waals surface area contributed by atoms with Crippen LogP contribution >= 0.6 is 0 Å². The van der Waals surface area contributed by atoms with Crippen molar-refractivity contribution in [1.82, 2.24) is 10.3 Å². The van der Waals surface area contributed by atoms with E-state index < -0.39 is 5.91 Å². The number of nitrogens with zero attached hydrogens (tertiary/aromatic N) is 1. The van der Waals surface area contributed by atoms with Gasteiger partial charge in [0, 0.05) is 23.6 Å². The van der Waals surface area contributed by atoms with Gasteiger partial charge in [-0.15, -0.1) is 0 Å². The summed E-state index contributed by atoms with van der Waals surface area (Å²) in [6, 6.07) is 19.7. The number of nitrogens with one attached hydrogen (secondary N) is 2. The second-order valence-corrected chi connectivity index (χ2v) is 5.98. The molecule has 5 heteroatoms. The van der Waals surface area contributed by atoms with Crippen molar-refractivity contribution in [2.24, 2.45) is 0 Å². The summed E-state index contributed by atoms with van der Waals surface area (Å²) >= 11 is 0. The van der Waals surface area contributed by atoms with E-state index in [0.29, 0.717) is 11.3 Å². The first-order chi connectivity index (χ1) is 13.1. The summed E-state index contributed by atoms with van der Waals surface area (Å²) in [4.78, 5) is 29.3. The Morgan fingerprint density at radius 1 is 0.926 bits per heavy atom. The highest BCUT2D eigenvalue weighted by Crippen LogP contribution is 2.12. The Hall–Kier alpha value is -3.73. The molecular weight excluding hydrogens is 338 g/mol. The fourth-order valence-corrected chi connectivity index (χ4v) is 2.49. The van der Waals surface area contributed by atoms with Gasteiger partial charge in [0.1, 0.15) is 5.70 Å². The summed E-state index contributed by atoms with van der Waals surface area (Å²) in [6.07, 6.45) is 4.87. The molecule has 0 radical (unpaired) electrons. The molecule has 134 valence electrons. The Morgan fingerprint density at radius 3 is 2.37 bits per heavy atom. The minimum atomic E-state index is -0.401. The van der Waals surface area contributed by atoms with Crippen molar-refractivity contribution in [2.75, 3.05) is 5.32 Å². The molecule has 0 aliphatic rings. The molecule has 0 aliphatic carbocycles. The molecule has 2 amide bonds. The summed E-state index contributed by atoms with van der Waals surface area (Å²) < 4.78 is 0. The van der Waals surface area contributed by atoms with Crippen molar-refractivity contribution in [3.63, 3.8) is 0 Å². The van der Waals surface area contributed by atoms with E-state index in [1.165, 1.54) is 0 Å². The van der Waals surface area contributed by atoms with Crippen LogP contribution in [-0.2, 0) is 4.79 Å². The van der Waals surface area contributed by atoms with E-state index in [1.807, 2.05) is 31.2 Å². The monoisotopic (exact) mass is 357 g/mol. The number of hydrogen-bond acceptors (Lipinski definition) is 3. The van der Waals surface area contributed by atoms with Gasteiger partial charge in [0.05, 0.1) is 0 Å². The highest BCUT2D eigenvalue weighted by molar-refractivity contribution is 6.10. The molecule has 27 heavy (non-hydrogen) atoms. The third kappa shape index (κ3) is 5.12. The van der Waals surface area contributed by atoms with Crippen LogP contribution in [0.15, 0.2) is 84.8 Å². The lowest BCUT2D eigenvalue weighted by Gasteiger charge is -2.11. The van der Waals surface area contributed by atoms with E-state index in [2.05, 4.69) is 15.6 Å². The Labute approximate surface area is 157 Å². The fourth-order valence-electron chi connectivity index (χ4n) is 2.49. The second-order valence-electron chi connectivity index (χ2n) is 5.98. The quantitative estimate of drug-likeness (QED) is 0.682. The summed E-state index contributed by atoms with van der Waals surface area (Å²) in [7, 11) is 0. The van der Waals surface area contributed by atoms with Crippen molar-refractivity contribution in [1.29, 1.82) is 0 Å². The first-order valence-electron chi connectivity index (χ1n) is 8.48. The normalized spacial score (nSPS) is 10.9. The van der Waals surface area contributed by atoms with Crippen LogP contribution in [0, 0.1) is 6.92 Å².